The number of amides is 1. The second-order valence-corrected chi connectivity index (χ2v) is 5.63. The predicted octanol–water partition coefficient (Wildman–Crippen LogP) is 4.79. The molecule has 2 aromatic carbocycles. The molecule has 0 saturated carbocycles. The summed E-state index contributed by atoms with van der Waals surface area (Å²) in [6.45, 7) is 8.18. The highest BCUT2D eigenvalue weighted by Crippen LogP contribution is 2.22. The zero-order valence-electron chi connectivity index (χ0n) is 13.8. The van der Waals surface area contributed by atoms with E-state index < -0.39 is 0 Å². The molecule has 0 unspecified atom stereocenters. The highest BCUT2D eigenvalue weighted by atomic mass is 16.5. The van der Waals surface area contributed by atoms with Gasteiger partial charge in [0.25, 0.3) is 0 Å². The van der Waals surface area contributed by atoms with Crippen LogP contribution in [0, 0.1) is 13.8 Å². The lowest BCUT2D eigenvalue weighted by Crippen LogP contribution is -2.11. The Labute approximate surface area is 138 Å². The summed E-state index contributed by atoms with van der Waals surface area (Å²) in [5.74, 6) is 0.800. The smallest absolute Gasteiger partial charge is 0.224 e. The first kappa shape index (κ1) is 16.8. The lowest BCUT2D eigenvalue weighted by Gasteiger charge is -2.11. The van der Waals surface area contributed by atoms with Crippen LogP contribution < -0.4 is 10.1 Å². The van der Waals surface area contributed by atoms with E-state index in [0.717, 1.165) is 22.6 Å². The third-order valence-electron chi connectivity index (χ3n) is 3.54. The monoisotopic (exact) mass is 309 g/mol. The lowest BCUT2D eigenvalue weighted by atomic mass is 10.1. The van der Waals surface area contributed by atoms with Gasteiger partial charge in [0.1, 0.15) is 12.4 Å². The molecule has 0 aliphatic carbocycles. The number of nitrogens with one attached hydrogen (secondary N) is 1. The zero-order chi connectivity index (χ0) is 16.7. The molecule has 0 aliphatic rings. The minimum Gasteiger partial charge on any atom is -0.489 e. The number of benzene rings is 2. The normalized spacial score (nSPS) is 10.2. The standard InChI is InChI=1S/C20H23NO2/c1-4-5-9-20(22)21-19-11-10-18(13-16(19)3)23-14-17-8-6-7-15(2)12-17/h4,6-8,10-13H,1,5,9,14H2,2-3H3,(H,21,22). The van der Waals surface area contributed by atoms with Gasteiger partial charge in [0.15, 0.2) is 0 Å². The summed E-state index contributed by atoms with van der Waals surface area (Å²) in [5, 5.41) is 2.91. The lowest BCUT2D eigenvalue weighted by molar-refractivity contribution is -0.116. The summed E-state index contributed by atoms with van der Waals surface area (Å²) in [5.41, 5.74) is 4.17. The summed E-state index contributed by atoms with van der Waals surface area (Å²) in [4.78, 5) is 11.8. The average molecular weight is 309 g/mol. The third kappa shape index (κ3) is 5.29. The minimum absolute atomic E-state index is 0.00132. The van der Waals surface area contributed by atoms with Gasteiger partial charge in [-0.3, -0.25) is 4.79 Å². The molecule has 0 spiro atoms. The maximum atomic E-state index is 11.8. The van der Waals surface area contributed by atoms with Crippen molar-refractivity contribution in [2.75, 3.05) is 5.32 Å². The Bertz CT molecular complexity index is 692. The van der Waals surface area contributed by atoms with Gasteiger partial charge in [0, 0.05) is 12.1 Å². The van der Waals surface area contributed by atoms with Crippen LogP contribution in [0.25, 0.3) is 0 Å². The first-order chi connectivity index (χ1) is 11.1. The molecule has 3 heteroatoms. The molecule has 0 radical (unpaired) electrons. The van der Waals surface area contributed by atoms with E-state index in [9.17, 15) is 4.79 Å². The molecule has 1 amide bonds. The van der Waals surface area contributed by atoms with E-state index in [-0.39, 0.29) is 5.91 Å². The number of ether oxygens (including phenoxy) is 1. The van der Waals surface area contributed by atoms with Gasteiger partial charge >= 0.3 is 0 Å². The van der Waals surface area contributed by atoms with Gasteiger partial charge in [-0.25, -0.2) is 0 Å². The predicted molar refractivity (Wildman–Crippen MR) is 94.8 cm³/mol. The molecule has 2 rings (SSSR count). The van der Waals surface area contributed by atoms with Gasteiger partial charge in [0.05, 0.1) is 0 Å². The van der Waals surface area contributed by atoms with Crippen molar-refractivity contribution in [2.45, 2.75) is 33.3 Å². The van der Waals surface area contributed by atoms with Crippen molar-refractivity contribution in [3.8, 4) is 5.75 Å². The van der Waals surface area contributed by atoms with Crippen molar-refractivity contribution in [3.63, 3.8) is 0 Å². The largest absolute Gasteiger partial charge is 0.489 e. The minimum atomic E-state index is 0.00132. The van der Waals surface area contributed by atoms with E-state index in [1.54, 1.807) is 6.08 Å². The van der Waals surface area contributed by atoms with E-state index in [1.807, 2.05) is 37.3 Å². The van der Waals surface area contributed by atoms with Crippen LogP contribution in [-0.2, 0) is 11.4 Å². The van der Waals surface area contributed by atoms with Gasteiger partial charge in [-0.2, -0.15) is 0 Å². The van der Waals surface area contributed by atoms with Gasteiger partial charge in [0.2, 0.25) is 5.91 Å². The maximum Gasteiger partial charge on any atom is 0.224 e. The maximum absolute atomic E-state index is 11.8. The zero-order valence-corrected chi connectivity index (χ0v) is 13.8. The number of hydrogen-bond donors (Lipinski definition) is 1. The SMILES string of the molecule is C=CCCC(=O)Nc1ccc(OCc2cccc(C)c2)cc1C. The molecule has 0 aromatic heterocycles. The van der Waals surface area contributed by atoms with Gasteiger partial charge in [-0.05, 0) is 49.6 Å². The number of rotatable bonds is 7. The van der Waals surface area contributed by atoms with Crippen molar-refractivity contribution in [1.82, 2.24) is 0 Å². The third-order valence-corrected chi connectivity index (χ3v) is 3.54. The van der Waals surface area contributed by atoms with Crippen molar-refractivity contribution < 1.29 is 9.53 Å². The highest BCUT2D eigenvalue weighted by Gasteiger charge is 2.05. The second kappa shape index (κ2) is 8.18. The number of anilines is 1. The Hall–Kier alpha value is -2.55. The van der Waals surface area contributed by atoms with Gasteiger partial charge < -0.3 is 10.1 Å². The van der Waals surface area contributed by atoms with E-state index >= 15 is 0 Å². The van der Waals surface area contributed by atoms with Crippen molar-refractivity contribution >= 4 is 11.6 Å². The van der Waals surface area contributed by atoms with Crippen LogP contribution in [-0.4, -0.2) is 5.91 Å². The molecular formula is C20H23NO2. The fraction of sp³-hybridized carbons (Fsp3) is 0.250. The number of allylic oxidation sites excluding steroid dienone is 1. The first-order valence-electron chi connectivity index (χ1n) is 7.78. The Morgan fingerprint density at radius 2 is 2.04 bits per heavy atom. The van der Waals surface area contributed by atoms with Gasteiger partial charge in [-0.15, -0.1) is 6.58 Å². The van der Waals surface area contributed by atoms with Crippen molar-refractivity contribution in [2.24, 2.45) is 0 Å². The van der Waals surface area contributed by atoms with Crippen LogP contribution in [0.15, 0.2) is 55.1 Å². The Morgan fingerprint density at radius 3 is 2.74 bits per heavy atom. The summed E-state index contributed by atoms with van der Waals surface area (Å²) in [6, 6.07) is 14.0. The van der Waals surface area contributed by atoms with Crippen LogP contribution in [0.5, 0.6) is 5.75 Å². The molecule has 0 fully saturated rings. The Kier molecular flexibility index (Phi) is 5.98. The van der Waals surface area contributed by atoms with Crippen LogP contribution in [0.2, 0.25) is 0 Å². The van der Waals surface area contributed by atoms with E-state index in [2.05, 4.69) is 31.0 Å². The molecule has 0 bridgehead atoms. The van der Waals surface area contributed by atoms with Crippen LogP contribution in [0.1, 0.15) is 29.5 Å². The van der Waals surface area contributed by atoms with Crippen molar-refractivity contribution in [3.05, 3.63) is 71.8 Å². The molecule has 3 nitrogen and oxygen atoms in total. The molecule has 1 N–H and O–H groups in total. The van der Waals surface area contributed by atoms with Crippen LogP contribution in [0.4, 0.5) is 5.69 Å². The number of carbonyl (C=O) groups excluding carboxylic acids is 1. The molecule has 120 valence electrons. The van der Waals surface area contributed by atoms with E-state index in [4.69, 9.17) is 4.74 Å². The average Bonchev–Trinajstić information content (AvgIpc) is 2.53. The topological polar surface area (TPSA) is 38.3 Å². The van der Waals surface area contributed by atoms with Crippen LogP contribution >= 0.6 is 0 Å². The van der Waals surface area contributed by atoms with Gasteiger partial charge in [-0.1, -0.05) is 35.9 Å². The molecular weight excluding hydrogens is 286 g/mol. The molecule has 0 saturated heterocycles. The second-order valence-electron chi connectivity index (χ2n) is 5.63. The Morgan fingerprint density at radius 1 is 1.22 bits per heavy atom. The Balaban J connectivity index is 1.96. The summed E-state index contributed by atoms with van der Waals surface area (Å²) >= 11 is 0. The number of aryl methyl sites for hydroxylation is 2. The molecule has 0 atom stereocenters. The highest BCUT2D eigenvalue weighted by molar-refractivity contribution is 5.91. The quantitative estimate of drug-likeness (QED) is 0.747. The summed E-state index contributed by atoms with van der Waals surface area (Å²) in [6.07, 6.45) is 2.88. The van der Waals surface area contributed by atoms with E-state index in [0.29, 0.717) is 19.4 Å². The van der Waals surface area contributed by atoms with Crippen molar-refractivity contribution in [1.29, 1.82) is 0 Å². The fourth-order valence-corrected chi connectivity index (χ4v) is 2.28. The molecule has 23 heavy (non-hydrogen) atoms. The number of hydrogen-bond acceptors (Lipinski definition) is 2. The first-order valence-corrected chi connectivity index (χ1v) is 7.78. The van der Waals surface area contributed by atoms with Crippen LogP contribution in [0.3, 0.4) is 0 Å². The molecule has 0 aliphatic heterocycles. The fourth-order valence-electron chi connectivity index (χ4n) is 2.28. The molecule has 2 aromatic rings. The number of carbonyl (C=O) groups is 1. The molecule has 0 heterocycles. The summed E-state index contributed by atoms with van der Waals surface area (Å²) in [7, 11) is 0. The van der Waals surface area contributed by atoms with E-state index in [1.165, 1.54) is 5.56 Å². The summed E-state index contributed by atoms with van der Waals surface area (Å²) < 4.78 is 5.83.